The molecular weight excluding hydrogens is 288 g/mol. The molecule has 0 unspecified atom stereocenters. The first-order valence-electron chi connectivity index (χ1n) is 6.25. The normalized spacial score (nSPS) is 11.6. The van der Waals surface area contributed by atoms with Crippen LogP contribution in [-0.2, 0) is 9.84 Å². The van der Waals surface area contributed by atoms with E-state index in [0.717, 1.165) is 6.07 Å². The molecule has 0 aliphatic carbocycles. The number of aromatic hydroxyl groups is 2. The van der Waals surface area contributed by atoms with Crippen molar-refractivity contribution in [2.24, 2.45) is 0 Å². The van der Waals surface area contributed by atoms with Crippen molar-refractivity contribution in [3.05, 3.63) is 60.7 Å². The maximum absolute atomic E-state index is 12.6. The fourth-order valence-electron chi connectivity index (χ4n) is 2.25. The van der Waals surface area contributed by atoms with Gasteiger partial charge in [-0.1, -0.05) is 42.5 Å². The van der Waals surface area contributed by atoms with Crippen LogP contribution >= 0.6 is 0 Å². The van der Waals surface area contributed by atoms with Crippen LogP contribution in [0, 0.1) is 0 Å². The summed E-state index contributed by atoms with van der Waals surface area (Å²) in [6.45, 7) is 0. The molecule has 0 radical (unpaired) electrons. The lowest BCUT2D eigenvalue weighted by Crippen LogP contribution is -2.02. The molecule has 0 saturated heterocycles. The summed E-state index contributed by atoms with van der Waals surface area (Å²) in [5.74, 6) is -0.537. The molecule has 0 amide bonds. The number of hydrogen-bond acceptors (Lipinski definition) is 4. The van der Waals surface area contributed by atoms with Crippen LogP contribution in [0.25, 0.3) is 10.8 Å². The Kier molecular flexibility index (Phi) is 3.07. The van der Waals surface area contributed by atoms with Gasteiger partial charge in [0.15, 0.2) is 0 Å². The number of sulfone groups is 1. The topological polar surface area (TPSA) is 74.6 Å². The van der Waals surface area contributed by atoms with Crippen molar-refractivity contribution in [3.63, 3.8) is 0 Å². The monoisotopic (exact) mass is 300 g/mol. The summed E-state index contributed by atoms with van der Waals surface area (Å²) in [6, 6.07) is 15.4. The number of fused-ring (bicyclic) bond motifs is 1. The van der Waals surface area contributed by atoms with Gasteiger partial charge in [0.05, 0.1) is 4.90 Å². The molecular formula is C16H12O4S. The van der Waals surface area contributed by atoms with Crippen LogP contribution < -0.4 is 0 Å². The van der Waals surface area contributed by atoms with E-state index in [-0.39, 0.29) is 21.3 Å². The summed E-state index contributed by atoms with van der Waals surface area (Å²) >= 11 is 0. The number of phenolic OH excluding ortho intramolecular Hbond substituents is 2. The minimum absolute atomic E-state index is 0.0648. The van der Waals surface area contributed by atoms with Crippen molar-refractivity contribution >= 4 is 20.6 Å². The average Bonchev–Trinajstić information content (AvgIpc) is 2.51. The number of hydrogen-bond donors (Lipinski definition) is 2. The molecule has 0 bridgehead atoms. The van der Waals surface area contributed by atoms with E-state index in [2.05, 4.69) is 0 Å². The molecule has 106 valence electrons. The van der Waals surface area contributed by atoms with E-state index < -0.39 is 9.84 Å². The Labute approximate surface area is 121 Å². The van der Waals surface area contributed by atoms with Crippen LogP contribution in [0.1, 0.15) is 0 Å². The molecule has 2 N–H and O–H groups in total. The highest BCUT2D eigenvalue weighted by molar-refractivity contribution is 7.91. The Morgan fingerprint density at radius 3 is 2.00 bits per heavy atom. The maximum Gasteiger partial charge on any atom is 0.210 e. The maximum atomic E-state index is 12.6. The van der Waals surface area contributed by atoms with Crippen molar-refractivity contribution in [2.45, 2.75) is 9.79 Å². The summed E-state index contributed by atoms with van der Waals surface area (Å²) in [6.07, 6.45) is 0. The zero-order chi connectivity index (χ0) is 15.0. The quantitative estimate of drug-likeness (QED) is 0.713. The first-order valence-corrected chi connectivity index (χ1v) is 7.74. The van der Waals surface area contributed by atoms with E-state index in [1.54, 1.807) is 42.5 Å². The Morgan fingerprint density at radius 1 is 0.762 bits per heavy atom. The fraction of sp³-hybridized carbons (Fsp3) is 0. The summed E-state index contributed by atoms with van der Waals surface area (Å²) in [4.78, 5) is -0.236. The van der Waals surface area contributed by atoms with E-state index in [4.69, 9.17) is 0 Å². The first-order chi connectivity index (χ1) is 10.0. The van der Waals surface area contributed by atoms with Gasteiger partial charge in [0, 0.05) is 16.8 Å². The SMILES string of the molecule is O=S(=O)(c1ccccc1)c1cc(O)c2ccccc2c1O. The molecule has 0 aliphatic rings. The van der Waals surface area contributed by atoms with E-state index in [1.165, 1.54) is 12.1 Å². The Morgan fingerprint density at radius 2 is 1.33 bits per heavy atom. The predicted octanol–water partition coefficient (Wildman–Crippen LogP) is 3.08. The molecule has 0 atom stereocenters. The lowest BCUT2D eigenvalue weighted by molar-refractivity contribution is 0.454. The molecule has 3 rings (SSSR count). The number of rotatable bonds is 2. The Hall–Kier alpha value is -2.53. The number of benzene rings is 3. The van der Waals surface area contributed by atoms with E-state index in [9.17, 15) is 18.6 Å². The minimum Gasteiger partial charge on any atom is -0.507 e. The van der Waals surface area contributed by atoms with Gasteiger partial charge in [0.1, 0.15) is 16.4 Å². The molecule has 0 fully saturated rings. The molecule has 21 heavy (non-hydrogen) atoms. The highest BCUT2D eigenvalue weighted by atomic mass is 32.2. The van der Waals surface area contributed by atoms with Crippen LogP contribution in [0.5, 0.6) is 11.5 Å². The summed E-state index contributed by atoms with van der Waals surface area (Å²) in [5, 5.41) is 21.0. The van der Waals surface area contributed by atoms with Crippen LogP contribution in [-0.4, -0.2) is 18.6 Å². The van der Waals surface area contributed by atoms with Crippen molar-refractivity contribution in [2.75, 3.05) is 0 Å². The smallest absolute Gasteiger partial charge is 0.210 e. The van der Waals surface area contributed by atoms with Gasteiger partial charge in [-0.05, 0) is 12.1 Å². The van der Waals surface area contributed by atoms with Gasteiger partial charge in [-0.15, -0.1) is 0 Å². The van der Waals surface area contributed by atoms with Crippen molar-refractivity contribution in [1.82, 2.24) is 0 Å². The van der Waals surface area contributed by atoms with Gasteiger partial charge >= 0.3 is 0 Å². The largest absolute Gasteiger partial charge is 0.507 e. The molecule has 4 nitrogen and oxygen atoms in total. The molecule has 0 aromatic heterocycles. The fourth-order valence-corrected chi connectivity index (χ4v) is 3.65. The molecule has 3 aromatic rings. The second kappa shape index (κ2) is 4.79. The molecule has 0 saturated carbocycles. The average molecular weight is 300 g/mol. The van der Waals surface area contributed by atoms with Crippen LogP contribution in [0.2, 0.25) is 0 Å². The highest BCUT2D eigenvalue weighted by Gasteiger charge is 2.24. The second-order valence-electron chi connectivity index (χ2n) is 4.60. The van der Waals surface area contributed by atoms with E-state index in [0.29, 0.717) is 10.8 Å². The third-order valence-electron chi connectivity index (χ3n) is 3.30. The minimum atomic E-state index is -3.89. The lowest BCUT2D eigenvalue weighted by atomic mass is 10.1. The van der Waals surface area contributed by atoms with Crippen LogP contribution in [0.3, 0.4) is 0 Å². The lowest BCUT2D eigenvalue weighted by Gasteiger charge is -2.10. The third kappa shape index (κ3) is 2.11. The van der Waals surface area contributed by atoms with Gasteiger partial charge in [-0.2, -0.15) is 0 Å². The first kappa shape index (κ1) is 13.5. The zero-order valence-electron chi connectivity index (χ0n) is 10.9. The number of phenols is 2. The molecule has 5 heteroatoms. The van der Waals surface area contributed by atoms with Gasteiger partial charge in [0.2, 0.25) is 9.84 Å². The van der Waals surface area contributed by atoms with Crippen molar-refractivity contribution in [1.29, 1.82) is 0 Å². The molecule has 0 heterocycles. The van der Waals surface area contributed by atoms with Gasteiger partial charge in [-0.25, -0.2) is 8.42 Å². The molecule has 3 aromatic carbocycles. The molecule has 0 spiro atoms. The standard InChI is InChI=1S/C16H12O4S/c17-14-10-15(16(18)13-9-5-4-8-12(13)14)21(19,20)11-6-2-1-3-7-11/h1-10,17-18H. The van der Waals surface area contributed by atoms with Gasteiger partial charge in [0.25, 0.3) is 0 Å². The van der Waals surface area contributed by atoms with Gasteiger partial charge in [-0.3, -0.25) is 0 Å². The second-order valence-corrected chi connectivity index (χ2v) is 6.52. The zero-order valence-corrected chi connectivity index (χ0v) is 11.7. The van der Waals surface area contributed by atoms with E-state index >= 15 is 0 Å². The van der Waals surface area contributed by atoms with Crippen molar-refractivity contribution < 1.29 is 18.6 Å². The summed E-state index contributed by atoms with van der Waals surface area (Å²) in [7, 11) is -3.89. The van der Waals surface area contributed by atoms with Crippen molar-refractivity contribution in [3.8, 4) is 11.5 Å². The summed E-state index contributed by atoms with van der Waals surface area (Å²) in [5.41, 5.74) is 0. The predicted molar refractivity (Wildman–Crippen MR) is 79.2 cm³/mol. The van der Waals surface area contributed by atoms with E-state index in [1.807, 2.05) is 0 Å². The Bertz CT molecular complexity index is 916. The summed E-state index contributed by atoms with van der Waals surface area (Å²) < 4.78 is 25.2. The molecule has 0 aliphatic heterocycles. The van der Waals surface area contributed by atoms with Gasteiger partial charge < -0.3 is 10.2 Å². The van der Waals surface area contributed by atoms with Crippen LogP contribution in [0.15, 0.2) is 70.5 Å². The third-order valence-corrected chi connectivity index (χ3v) is 5.09. The highest BCUT2D eigenvalue weighted by Crippen LogP contribution is 2.39. The Balaban J connectivity index is 2.34. The van der Waals surface area contributed by atoms with Crippen LogP contribution in [0.4, 0.5) is 0 Å².